The second kappa shape index (κ2) is 11.2. The Bertz CT molecular complexity index is 1300. The van der Waals surface area contributed by atoms with Crippen LogP contribution in [0.4, 0.5) is 23.2 Å². The van der Waals surface area contributed by atoms with Crippen LogP contribution in [0.15, 0.2) is 53.5 Å². The largest absolute Gasteiger partial charge is 0.205 e. The number of isothiocyanates is 1. The molecule has 0 aliphatic heterocycles. The molecule has 0 bridgehead atoms. The molecule has 6 heteroatoms. The minimum absolute atomic E-state index is 0.173. The number of halogens is 4. The summed E-state index contributed by atoms with van der Waals surface area (Å²) in [5, 5.41) is 1.94. The third-order valence-electron chi connectivity index (χ3n) is 4.65. The van der Waals surface area contributed by atoms with Crippen molar-refractivity contribution in [2.45, 2.75) is 26.2 Å². The van der Waals surface area contributed by atoms with Gasteiger partial charge in [-0.2, -0.15) is 4.99 Å². The number of hydrogen-bond donors (Lipinski definition) is 0. The van der Waals surface area contributed by atoms with Crippen molar-refractivity contribution in [3.63, 3.8) is 0 Å². The van der Waals surface area contributed by atoms with Gasteiger partial charge in [-0.3, -0.25) is 0 Å². The lowest BCUT2D eigenvalue weighted by Gasteiger charge is -2.05. The van der Waals surface area contributed by atoms with Gasteiger partial charge in [0.05, 0.1) is 10.7 Å². The molecule has 3 rings (SSSR count). The number of nitrogens with zero attached hydrogens (tertiary/aromatic N) is 1. The summed E-state index contributed by atoms with van der Waals surface area (Å²) in [6, 6.07) is 11.1. The molecule has 0 aromatic heterocycles. The highest BCUT2D eigenvalue weighted by Crippen LogP contribution is 2.29. The van der Waals surface area contributed by atoms with Crippen LogP contribution in [0.2, 0.25) is 0 Å². The molecule has 0 aliphatic carbocycles. The van der Waals surface area contributed by atoms with E-state index in [0.717, 1.165) is 37.1 Å². The zero-order valence-electron chi connectivity index (χ0n) is 17.6. The van der Waals surface area contributed by atoms with Crippen LogP contribution in [0.3, 0.4) is 0 Å². The SMILES string of the molecule is CCCCC#Cc1c(F)cc(C#Cc2ccc(-c3cc(F)c(N=C=S)c(F)c3)cc2)cc1F. The van der Waals surface area contributed by atoms with Gasteiger partial charge in [-0.1, -0.05) is 49.2 Å². The molecule has 0 spiro atoms. The summed E-state index contributed by atoms with van der Waals surface area (Å²) < 4.78 is 56.6. The van der Waals surface area contributed by atoms with Crippen LogP contribution in [0.1, 0.15) is 42.9 Å². The van der Waals surface area contributed by atoms with Gasteiger partial charge in [0, 0.05) is 17.5 Å². The summed E-state index contributed by atoms with van der Waals surface area (Å²) in [6.45, 7) is 2.01. The summed E-state index contributed by atoms with van der Waals surface area (Å²) in [4.78, 5) is 3.38. The van der Waals surface area contributed by atoms with Crippen molar-refractivity contribution in [1.29, 1.82) is 0 Å². The van der Waals surface area contributed by atoms with Crippen molar-refractivity contribution in [2.24, 2.45) is 4.99 Å². The van der Waals surface area contributed by atoms with Crippen LogP contribution >= 0.6 is 12.2 Å². The number of benzene rings is 3. The molecule has 0 amide bonds. The van der Waals surface area contributed by atoms with E-state index in [2.05, 4.69) is 40.9 Å². The summed E-state index contributed by atoms with van der Waals surface area (Å²) in [5.74, 6) is 7.62. The fraction of sp³-hybridized carbons (Fsp3) is 0.148. The average molecular weight is 463 g/mol. The lowest BCUT2D eigenvalue weighted by molar-refractivity contribution is 0.576. The maximum Gasteiger partial charge on any atom is 0.153 e. The fourth-order valence-corrected chi connectivity index (χ4v) is 3.05. The third kappa shape index (κ3) is 6.18. The molecule has 3 aromatic carbocycles. The van der Waals surface area contributed by atoms with Crippen molar-refractivity contribution < 1.29 is 17.6 Å². The number of rotatable bonds is 4. The van der Waals surface area contributed by atoms with E-state index in [1.54, 1.807) is 24.3 Å². The summed E-state index contributed by atoms with van der Waals surface area (Å²) in [7, 11) is 0. The van der Waals surface area contributed by atoms with E-state index in [1.807, 2.05) is 12.1 Å². The van der Waals surface area contributed by atoms with Gasteiger partial charge in [0.25, 0.3) is 0 Å². The molecule has 0 aliphatic rings. The standard InChI is InChI=1S/C27H17F4NS/c1-2-3-4-5-6-22-23(28)13-19(14-24(22)29)8-7-18-9-11-20(12-10-18)21-15-25(30)27(32-17-33)26(31)16-21/h9-16H,2-4H2,1H3. The average Bonchev–Trinajstić information content (AvgIpc) is 2.79. The van der Waals surface area contributed by atoms with Gasteiger partial charge in [-0.15, -0.1) is 0 Å². The second-order valence-electron chi connectivity index (χ2n) is 7.04. The van der Waals surface area contributed by atoms with Crippen LogP contribution in [-0.4, -0.2) is 5.16 Å². The van der Waals surface area contributed by atoms with Crippen molar-refractivity contribution in [3.8, 4) is 34.8 Å². The minimum atomic E-state index is -0.853. The third-order valence-corrected chi connectivity index (χ3v) is 4.75. The first kappa shape index (κ1) is 24.0. The van der Waals surface area contributed by atoms with Gasteiger partial charge in [-0.05, 0) is 66.2 Å². The van der Waals surface area contributed by atoms with Gasteiger partial charge < -0.3 is 0 Å². The number of thiocarbonyl (C=S) groups is 1. The molecule has 3 aromatic rings. The number of aliphatic imine (C=N–C) groups is 1. The van der Waals surface area contributed by atoms with E-state index in [0.29, 0.717) is 23.1 Å². The lowest BCUT2D eigenvalue weighted by atomic mass is 10.0. The maximum absolute atomic E-state index is 14.2. The highest BCUT2D eigenvalue weighted by molar-refractivity contribution is 7.78. The predicted molar refractivity (Wildman–Crippen MR) is 125 cm³/mol. The van der Waals surface area contributed by atoms with Crippen molar-refractivity contribution in [2.75, 3.05) is 0 Å². The van der Waals surface area contributed by atoms with E-state index >= 15 is 0 Å². The van der Waals surface area contributed by atoms with E-state index in [1.165, 1.54) is 0 Å². The van der Waals surface area contributed by atoms with Crippen LogP contribution in [-0.2, 0) is 0 Å². The number of hydrogen-bond acceptors (Lipinski definition) is 2. The van der Waals surface area contributed by atoms with Gasteiger partial charge >= 0.3 is 0 Å². The molecule has 0 saturated carbocycles. The molecule has 33 heavy (non-hydrogen) atoms. The molecule has 0 saturated heterocycles. The van der Waals surface area contributed by atoms with Gasteiger partial charge in [0.2, 0.25) is 0 Å². The lowest BCUT2D eigenvalue weighted by Crippen LogP contribution is -1.92. The maximum atomic E-state index is 14.2. The highest BCUT2D eigenvalue weighted by Gasteiger charge is 2.11. The van der Waals surface area contributed by atoms with Crippen LogP contribution < -0.4 is 0 Å². The van der Waals surface area contributed by atoms with Gasteiger partial charge in [0.15, 0.2) is 11.6 Å². The van der Waals surface area contributed by atoms with Crippen LogP contribution in [0.25, 0.3) is 11.1 Å². The zero-order chi connectivity index (χ0) is 23.8. The van der Waals surface area contributed by atoms with Gasteiger partial charge in [-0.25, -0.2) is 17.6 Å². The molecular weight excluding hydrogens is 446 g/mol. The van der Waals surface area contributed by atoms with E-state index in [-0.39, 0.29) is 11.1 Å². The molecule has 0 atom stereocenters. The molecule has 0 radical (unpaired) electrons. The Balaban J connectivity index is 1.81. The monoisotopic (exact) mass is 463 g/mol. The summed E-state index contributed by atoms with van der Waals surface area (Å²) >= 11 is 4.39. The Morgan fingerprint density at radius 2 is 1.36 bits per heavy atom. The Morgan fingerprint density at radius 3 is 1.94 bits per heavy atom. The smallest absolute Gasteiger partial charge is 0.153 e. The first-order chi connectivity index (χ1) is 15.9. The molecule has 0 heterocycles. The van der Waals surface area contributed by atoms with Crippen LogP contribution in [0, 0.1) is 47.0 Å². The van der Waals surface area contributed by atoms with E-state index in [9.17, 15) is 17.6 Å². The summed E-state index contributed by atoms with van der Waals surface area (Å²) in [6.07, 6.45) is 2.41. The molecule has 0 fully saturated rings. The van der Waals surface area contributed by atoms with Gasteiger partial charge in [0.1, 0.15) is 17.3 Å². The molecule has 0 N–H and O–H groups in total. The normalized spacial score (nSPS) is 9.85. The highest BCUT2D eigenvalue weighted by atomic mass is 32.1. The van der Waals surface area contributed by atoms with E-state index in [4.69, 9.17) is 0 Å². The van der Waals surface area contributed by atoms with Crippen molar-refractivity contribution in [1.82, 2.24) is 0 Å². The first-order valence-corrected chi connectivity index (χ1v) is 10.5. The van der Waals surface area contributed by atoms with Crippen molar-refractivity contribution in [3.05, 3.63) is 88.5 Å². The molecular formula is C27H17F4NS. The Hall–Kier alpha value is -3.70. The zero-order valence-corrected chi connectivity index (χ0v) is 18.4. The number of unbranched alkanes of at least 4 members (excludes halogenated alkanes) is 2. The fourth-order valence-electron chi connectivity index (χ4n) is 2.96. The second-order valence-corrected chi connectivity index (χ2v) is 7.22. The quantitative estimate of drug-likeness (QED) is 0.128. The molecule has 1 nitrogen and oxygen atoms in total. The topological polar surface area (TPSA) is 12.4 Å². The molecule has 0 unspecified atom stereocenters. The Kier molecular flexibility index (Phi) is 8.17. The summed E-state index contributed by atoms with van der Waals surface area (Å²) in [5.41, 5.74) is 0.848. The van der Waals surface area contributed by atoms with E-state index < -0.39 is 29.0 Å². The first-order valence-electron chi connectivity index (χ1n) is 10.1. The minimum Gasteiger partial charge on any atom is -0.205 e. The molecule has 164 valence electrons. The van der Waals surface area contributed by atoms with Crippen LogP contribution in [0.5, 0.6) is 0 Å². The predicted octanol–water partition coefficient (Wildman–Crippen LogP) is 7.59. The Labute approximate surface area is 195 Å². The van der Waals surface area contributed by atoms with Crippen molar-refractivity contribution >= 4 is 23.1 Å². The Morgan fingerprint density at radius 1 is 0.758 bits per heavy atom.